The van der Waals surface area contributed by atoms with E-state index >= 15 is 0 Å². The van der Waals surface area contributed by atoms with Crippen LogP contribution in [-0.4, -0.2) is 25.2 Å². The number of hydrogen-bond acceptors (Lipinski definition) is 4. The molecule has 0 bridgehead atoms. The molecule has 0 aliphatic rings. The Morgan fingerprint density at radius 2 is 2.16 bits per heavy atom. The third kappa shape index (κ3) is 4.51. The molecule has 5 heteroatoms. The molecule has 0 spiro atoms. The lowest BCUT2D eigenvalue weighted by Crippen LogP contribution is -2.26. The van der Waals surface area contributed by atoms with Gasteiger partial charge < -0.3 is 15.2 Å². The quantitative estimate of drug-likeness (QED) is 0.815. The van der Waals surface area contributed by atoms with Gasteiger partial charge in [-0.3, -0.25) is 0 Å². The predicted octanol–water partition coefficient (Wildman–Crippen LogP) is 2.67. The van der Waals surface area contributed by atoms with E-state index in [1.54, 1.807) is 6.92 Å². The lowest BCUT2D eigenvalue weighted by molar-refractivity contribution is -0.147. The van der Waals surface area contributed by atoms with Gasteiger partial charge in [0.05, 0.1) is 11.6 Å². The summed E-state index contributed by atoms with van der Waals surface area (Å²) in [6, 6.07) is 5.84. The van der Waals surface area contributed by atoms with Crippen LogP contribution in [0.25, 0.3) is 0 Å². The van der Waals surface area contributed by atoms with Crippen LogP contribution in [0, 0.1) is 0 Å². The first-order valence-electron chi connectivity index (χ1n) is 6.27. The average Bonchev–Trinajstić information content (AvgIpc) is 2.41. The SMILES string of the molecule is CCC(N)Cc1cccc(Br)c1OC(C)C(=O)OC. The summed E-state index contributed by atoms with van der Waals surface area (Å²) >= 11 is 3.44. The van der Waals surface area contributed by atoms with Gasteiger partial charge in [0, 0.05) is 6.04 Å². The van der Waals surface area contributed by atoms with E-state index in [1.807, 2.05) is 25.1 Å². The van der Waals surface area contributed by atoms with Crippen LogP contribution in [0.5, 0.6) is 5.75 Å². The van der Waals surface area contributed by atoms with Crippen LogP contribution in [0.3, 0.4) is 0 Å². The molecule has 2 unspecified atom stereocenters. The number of benzene rings is 1. The van der Waals surface area contributed by atoms with E-state index in [2.05, 4.69) is 20.7 Å². The van der Waals surface area contributed by atoms with Crippen molar-refractivity contribution < 1.29 is 14.3 Å². The molecule has 2 N–H and O–H groups in total. The lowest BCUT2D eigenvalue weighted by Gasteiger charge is -2.18. The monoisotopic (exact) mass is 329 g/mol. The van der Waals surface area contributed by atoms with Crippen molar-refractivity contribution in [1.29, 1.82) is 0 Å². The van der Waals surface area contributed by atoms with E-state index < -0.39 is 12.1 Å². The highest BCUT2D eigenvalue weighted by atomic mass is 79.9. The van der Waals surface area contributed by atoms with E-state index in [0.29, 0.717) is 12.2 Å². The lowest BCUT2D eigenvalue weighted by atomic mass is 10.0. The number of ether oxygens (including phenoxy) is 2. The highest BCUT2D eigenvalue weighted by molar-refractivity contribution is 9.10. The van der Waals surface area contributed by atoms with Crippen molar-refractivity contribution >= 4 is 21.9 Å². The van der Waals surface area contributed by atoms with Gasteiger partial charge in [-0.25, -0.2) is 4.79 Å². The van der Waals surface area contributed by atoms with Crippen LogP contribution < -0.4 is 10.5 Å². The Bertz CT molecular complexity index is 437. The van der Waals surface area contributed by atoms with Gasteiger partial charge in [-0.05, 0) is 47.3 Å². The van der Waals surface area contributed by atoms with Gasteiger partial charge in [0.1, 0.15) is 5.75 Å². The molecular formula is C14H20BrNO3. The average molecular weight is 330 g/mol. The van der Waals surface area contributed by atoms with Crippen LogP contribution in [0.1, 0.15) is 25.8 Å². The molecular weight excluding hydrogens is 310 g/mol. The van der Waals surface area contributed by atoms with Crippen molar-refractivity contribution in [3.63, 3.8) is 0 Å². The molecule has 0 aliphatic heterocycles. The fourth-order valence-corrected chi connectivity index (χ4v) is 2.16. The Hall–Kier alpha value is -1.07. The zero-order chi connectivity index (χ0) is 14.4. The Balaban J connectivity index is 2.94. The van der Waals surface area contributed by atoms with Crippen LogP contribution in [0.4, 0.5) is 0 Å². The first-order valence-corrected chi connectivity index (χ1v) is 7.06. The highest BCUT2D eigenvalue weighted by Gasteiger charge is 2.19. The summed E-state index contributed by atoms with van der Waals surface area (Å²) in [5.74, 6) is 0.255. The summed E-state index contributed by atoms with van der Waals surface area (Å²) in [5, 5.41) is 0. The number of halogens is 1. The summed E-state index contributed by atoms with van der Waals surface area (Å²) in [6.07, 6.45) is 0.942. The molecule has 19 heavy (non-hydrogen) atoms. The minimum absolute atomic E-state index is 0.0742. The van der Waals surface area contributed by atoms with E-state index in [9.17, 15) is 4.79 Å². The Morgan fingerprint density at radius 3 is 2.74 bits per heavy atom. The number of esters is 1. The molecule has 0 aliphatic carbocycles. The number of methoxy groups -OCH3 is 1. The molecule has 0 amide bonds. The van der Waals surface area contributed by atoms with E-state index in [1.165, 1.54) is 7.11 Å². The summed E-state index contributed by atoms with van der Waals surface area (Å²) < 4.78 is 11.2. The maximum Gasteiger partial charge on any atom is 0.346 e. The molecule has 0 saturated heterocycles. The van der Waals surface area contributed by atoms with Gasteiger partial charge in [-0.15, -0.1) is 0 Å². The smallest absolute Gasteiger partial charge is 0.346 e. The van der Waals surface area contributed by atoms with Crippen molar-refractivity contribution in [2.45, 2.75) is 38.8 Å². The van der Waals surface area contributed by atoms with Crippen LogP contribution in [0.15, 0.2) is 22.7 Å². The van der Waals surface area contributed by atoms with Gasteiger partial charge >= 0.3 is 5.97 Å². The predicted molar refractivity (Wildman–Crippen MR) is 78.2 cm³/mol. The summed E-state index contributed by atoms with van der Waals surface area (Å²) in [7, 11) is 1.34. The first kappa shape index (κ1) is 16.0. The topological polar surface area (TPSA) is 61.5 Å². The van der Waals surface area contributed by atoms with E-state index in [4.69, 9.17) is 10.5 Å². The second-order valence-electron chi connectivity index (χ2n) is 4.38. The molecule has 0 fully saturated rings. The highest BCUT2D eigenvalue weighted by Crippen LogP contribution is 2.31. The molecule has 4 nitrogen and oxygen atoms in total. The second-order valence-corrected chi connectivity index (χ2v) is 5.24. The molecule has 0 saturated carbocycles. The molecule has 0 radical (unpaired) electrons. The standard InChI is InChI=1S/C14H20BrNO3/c1-4-11(16)8-10-6-5-7-12(15)13(10)19-9(2)14(17)18-3/h5-7,9,11H,4,8,16H2,1-3H3. The maximum absolute atomic E-state index is 11.4. The van der Waals surface area contributed by atoms with Gasteiger partial charge in [0.2, 0.25) is 0 Å². The van der Waals surface area contributed by atoms with Crippen molar-refractivity contribution in [1.82, 2.24) is 0 Å². The largest absolute Gasteiger partial charge is 0.478 e. The Kier molecular flexibility index (Phi) is 6.31. The third-order valence-corrected chi connectivity index (χ3v) is 3.51. The maximum atomic E-state index is 11.4. The van der Waals surface area contributed by atoms with Crippen molar-refractivity contribution in [3.05, 3.63) is 28.2 Å². The van der Waals surface area contributed by atoms with Crippen molar-refractivity contribution in [2.75, 3.05) is 7.11 Å². The number of hydrogen-bond donors (Lipinski definition) is 1. The second kappa shape index (κ2) is 7.50. The zero-order valence-corrected chi connectivity index (χ0v) is 13.1. The minimum Gasteiger partial charge on any atom is -0.478 e. The molecule has 1 aromatic rings. The molecule has 1 rings (SSSR count). The molecule has 106 valence electrons. The summed E-state index contributed by atoms with van der Waals surface area (Å²) in [6.45, 7) is 3.70. The summed E-state index contributed by atoms with van der Waals surface area (Å²) in [4.78, 5) is 11.4. The number of nitrogens with two attached hydrogens (primary N) is 1. The van der Waals surface area contributed by atoms with Crippen LogP contribution in [0.2, 0.25) is 0 Å². The molecule has 2 atom stereocenters. The fraction of sp³-hybridized carbons (Fsp3) is 0.500. The molecule has 0 heterocycles. The van der Waals surface area contributed by atoms with Crippen LogP contribution >= 0.6 is 15.9 Å². The summed E-state index contributed by atoms with van der Waals surface area (Å²) in [5.41, 5.74) is 6.96. The van der Waals surface area contributed by atoms with Gasteiger partial charge in [-0.2, -0.15) is 0 Å². The number of rotatable bonds is 6. The third-order valence-electron chi connectivity index (χ3n) is 2.88. The zero-order valence-electron chi connectivity index (χ0n) is 11.5. The Morgan fingerprint density at radius 1 is 1.47 bits per heavy atom. The van der Waals surface area contributed by atoms with Crippen molar-refractivity contribution in [3.8, 4) is 5.75 Å². The minimum atomic E-state index is -0.652. The molecule has 1 aromatic carbocycles. The number of para-hydroxylation sites is 1. The first-order chi connectivity index (χ1) is 8.99. The van der Waals surface area contributed by atoms with Gasteiger partial charge in [0.15, 0.2) is 6.10 Å². The number of carbonyl (C=O) groups excluding carboxylic acids is 1. The Labute approximate surface area is 122 Å². The van der Waals surface area contributed by atoms with E-state index in [-0.39, 0.29) is 6.04 Å². The number of carbonyl (C=O) groups is 1. The van der Waals surface area contributed by atoms with E-state index in [0.717, 1.165) is 16.5 Å². The fourth-order valence-electron chi connectivity index (χ4n) is 1.66. The van der Waals surface area contributed by atoms with Gasteiger partial charge in [0.25, 0.3) is 0 Å². The normalized spacial score (nSPS) is 13.7. The van der Waals surface area contributed by atoms with Crippen molar-refractivity contribution in [2.24, 2.45) is 5.73 Å². The molecule has 0 aromatic heterocycles. The van der Waals surface area contributed by atoms with Gasteiger partial charge in [-0.1, -0.05) is 19.1 Å². The van der Waals surface area contributed by atoms with Crippen LogP contribution in [-0.2, 0) is 16.0 Å².